The monoisotopic (exact) mass is 692 g/mol. The Bertz CT molecular complexity index is 1880. The Morgan fingerprint density at radius 3 is 2.26 bits per heavy atom. The number of carbonyl (C=O) groups excluding carboxylic acids is 4. The Labute approximate surface area is 282 Å². The van der Waals surface area contributed by atoms with Gasteiger partial charge < -0.3 is 64.0 Å². The van der Waals surface area contributed by atoms with Crippen molar-refractivity contribution in [3.8, 4) is 17.2 Å². The molecule has 16 heteroatoms. The fourth-order valence-electron chi connectivity index (χ4n) is 5.50. The van der Waals surface area contributed by atoms with Gasteiger partial charge in [0.2, 0.25) is 5.78 Å². The molecule has 14 nitrogen and oxygen atoms in total. The summed E-state index contributed by atoms with van der Waals surface area (Å²) >= 11 is 0. The number of rotatable bonds is 15. The first-order valence-electron chi connectivity index (χ1n) is 14.8. The van der Waals surface area contributed by atoms with Crippen LogP contribution in [0.15, 0.2) is 89.4 Å². The number of hydrogen-bond donors (Lipinski definition) is 1. The van der Waals surface area contributed by atoms with E-state index in [-0.39, 0.29) is 53.0 Å². The molecule has 2 unspecified atom stereocenters. The summed E-state index contributed by atoms with van der Waals surface area (Å²) in [6.45, 7) is -2.67. The molecule has 3 aliphatic rings. The van der Waals surface area contributed by atoms with Gasteiger partial charge in [-0.05, 0) is 53.6 Å². The highest BCUT2D eigenvalue weighted by Gasteiger charge is 2.38. The molecule has 0 spiro atoms. The third kappa shape index (κ3) is 7.86. The molecule has 1 N–H and O–H groups in total. The number of methoxy groups -OCH3 is 1. The van der Waals surface area contributed by atoms with Gasteiger partial charge in [0.1, 0.15) is 48.2 Å². The summed E-state index contributed by atoms with van der Waals surface area (Å²) in [6, 6.07) is 8.63. The van der Waals surface area contributed by atoms with E-state index >= 15 is 0 Å². The van der Waals surface area contributed by atoms with Crippen molar-refractivity contribution in [1.82, 2.24) is 0 Å². The van der Waals surface area contributed by atoms with Gasteiger partial charge in [0, 0.05) is 23.6 Å². The molecular weight excluding hydrogens is 666 g/mol. The number of hydrogen-bond acceptors (Lipinski definition) is 14. The maximum absolute atomic E-state index is 14.6. The molecule has 1 aliphatic heterocycles. The smallest absolute Gasteiger partial charge is 0.217 e. The molecule has 0 amide bonds. The number of benzene rings is 2. The van der Waals surface area contributed by atoms with Crippen molar-refractivity contribution in [2.24, 2.45) is 5.92 Å². The molecule has 2 aromatic carbocycles. The second-order valence-corrected chi connectivity index (χ2v) is 10.9. The number of allylic oxidation sites excluding steroid dienone is 4. The third-order valence-electron chi connectivity index (χ3n) is 7.61. The van der Waals surface area contributed by atoms with Gasteiger partial charge in [0.05, 0.1) is 56.0 Å². The van der Waals surface area contributed by atoms with Gasteiger partial charge in [-0.2, -0.15) is 0 Å². The zero-order chi connectivity index (χ0) is 36.1. The lowest BCUT2D eigenvalue weighted by Gasteiger charge is -2.38. The molecule has 0 radical (unpaired) electrons. The lowest BCUT2D eigenvalue weighted by atomic mass is 9.78. The SMILES string of the molecule is COc1ccc(N(CC(=O)[O-])CC(=O)[O-])c(OCCOc2cc(C3=C4C=C(F)C(=O)C=C4OC4C=C([O-])C(F)=CC34)ccc2NCC(=O)[O-])c1. The van der Waals surface area contributed by atoms with E-state index in [1.165, 1.54) is 43.5 Å². The van der Waals surface area contributed by atoms with Gasteiger partial charge in [-0.15, -0.1) is 0 Å². The Hall–Kier alpha value is -6.32. The number of aliphatic carboxylic acids is 3. The number of ether oxygens (including phenoxy) is 4. The first-order valence-corrected chi connectivity index (χ1v) is 14.8. The average Bonchev–Trinajstić information content (AvgIpc) is 3.05. The van der Waals surface area contributed by atoms with Gasteiger partial charge >= 0.3 is 0 Å². The summed E-state index contributed by atoms with van der Waals surface area (Å²) in [5, 5.41) is 48.6. The zero-order valence-electron chi connectivity index (χ0n) is 26.1. The number of ketones is 1. The minimum atomic E-state index is -1.56. The average molecular weight is 693 g/mol. The van der Waals surface area contributed by atoms with E-state index in [9.17, 15) is 48.4 Å². The summed E-state index contributed by atoms with van der Waals surface area (Å²) in [4.78, 5) is 46.9. The Kier molecular flexibility index (Phi) is 10.4. The predicted octanol–water partition coefficient (Wildman–Crippen LogP) is -1.18. The summed E-state index contributed by atoms with van der Waals surface area (Å²) in [5.74, 6) is -9.21. The molecule has 2 atom stereocenters. The number of nitrogens with one attached hydrogen (secondary N) is 1. The van der Waals surface area contributed by atoms with Crippen LogP contribution in [0, 0.1) is 5.92 Å². The molecule has 5 rings (SSSR count). The van der Waals surface area contributed by atoms with Crippen LogP contribution >= 0.6 is 0 Å². The maximum atomic E-state index is 14.6. The number of carboxylic acids is 3. The lowest BCUT2D eigenvalue weighted by molar-refractivity contribution is -0.306. The second kappa shape index (κ2) is 14.8. The van der Waals surface area contributed by atoms with E-state index in [0.29, 0.717) is 11.3 Å². The van der Waals surface area contributed by atoms with Gasteiger partial charge in [-0.3, -0.25) is 4.79 Å². The minimum absolute atomic E-state index is 0.0246. The first kappa shape index (κ1) is 35.0. The van der Waals surface area contributed by atoms with Crippen LogP contribution in [-0.2, 0) is 23.9 Å². The van der Waals surface area contributed by atoms with Crippen LogP contribution in [0.5, 0.6) is 17.2 Å². The molecule has 0 saturated carbocycles. The molecular formula is C34H26F2N2O12-4. The fraction of sp³-hybridized carbons (Fsp3) is 0.235. The second-order valence-electron chi connectivity index (χ2n) is 10.9. The summed E-state index contributed by atoms with van der Waals surface area (Å²) in [5.41, 5.74) is 0.955. The zero-order valence-corrected chi connectivity index (χ0v) is 26.1. The summed E-state index contributed by atoms with van der Waals surface area (Å²) in [7, 11) is 1.37. The third-order valence-corrected chi connectivity index (χ3v) is 7.61. The Balaban J connectivity index is 1.46. The summed E-state index contributed by atoms with van der Waals surface area (Å²) in [6.07, 6.45) is 2.87. The van der Waals surface area contributed by atoms with Crippen molar-refractivity contribution in [2.75, 3.05) is 50.2 Å². The largest absolute Gasteiger partial charge is 0.871 e. The van der Waals surface area contributed by atoms with Crippen LogP contribution in [0.25, 0.3) is 5.57 Å². The van der Waals surface area contributed by atoms with E-state index in [1.807, 2.05) is 0 Å². The Morgan fingerprint density at radius 1 is 0.900 bits per heavy atom. The molecule has 1 heterocycles. The molecule has 0 saturated heterocycles. The molecule has 2 aromatic rings. The predicted molar refractivity (Wildman–Crippen MR) is 161 cm³/mol. The lowest BCUT2D eigenvalue weighted by Crippen LogP contribution is -2.44. The van der Waals surface area contributed by atoms with E-state index in [0.717, 1.165) is 29.2 Å². The van der Waals surface area contributed by atoms with Crippen molar-refractivity contribution in [2.45, 2.75) is 6.10 Å². The van der Waals surface area contributed by atoms with E-state index in [2.05, 4.69) is 5.32 Å². The van der Waals surface area contributed by atoms with Gasteiger partial charge in [-0.1, -0.05) is 11.8 Å². The highest BCUT2D eigenvalue weighted by Crippen LogP contribution is 2.46. The van der Waals surface area contributed by atoms with Crippen LogP contribution in [0.3, 0.4) is 0 Å². The van der Waals surface area contributed by atoms with Gasteiger partial charge in [-0.25, -0.2) is 8.78 Å². The van der Waals surface area contributed by atoms with Gasteiger partial charge in [0.15, 0.2) is 5.83 Å². The number of anilines is 2. The van der Waals surface area contributed by atoms with Crippen LogP contribution in [0.2, 0.25) is 0 Å². The number of carbonyl (C=O) groups is 4. The molecule has 0 aromatic heterocycles. The molecule has 262 valence electrons. The number of carboxylic acid groups (broad SMARTS) is 3. The maximum Gasteiger partial charge on any atom is 0.217 e. The van der Waals surface area contributed by atoms with Crippen molar-refractivity contribution in [1.29, 1.82) is 0 Å². The fourth-order valence-corrected chi connectivity index (χ4v) is 5.50. The number of halogens is 2. The van der Waals surface area contributed by atoms with Crippen LogP contribution in [0.1, 0.15) is 5.56 Å². The molecule has 50 heavy (non-hydrogen) atoms. The quantitative estimate of drug-likeness (QED) is 0.218. The number of fused-ring (bicyclic) bond motifs is 2. The molecule has 2 aliphatic carbocycles. The highest BCUT2D eigenvalue weighted by molar-refractivity contribution is 6.06. The standard InChI is InChI=1S/C34H30F2N2O12/c1-47-18-3-5-24(38(15-32(43)44)16-33(45)46)30(9-18)49-7-6-48-29-8-17(2-4-23(29)37-14-31(41)42)34-19-10-21(35)25(39)12-27(19)50-28-13-26(40)22(36)11-20(28)34/h2-5,8-13,19,27,37,39H,6-7,14-16H2,1H3,(H,41,42)(H,43,44)(H,45,46)/p-4. The van der Waals surface area contributed by atoms with E-state index in [1.54, 1.807) is 0 Å². The summed E-state index contributed by atoms with van der Waals surface area (Å²) < 4.78 is 51.9. The van der Waals surface area contributed by atoms with Crippen molar-refractivity contribution in [3.63, 3.8) is 0 Å². The molecule has 0 bridgehead atoms. The number of nitrogens with zero attached hydrogens (tertiary/aromatic N) is 1. The topological polar surface area (TPSA) is 213 Å². The minimum Gasteiger partial charge on any atom is -0.871 e. The van der Waals surface area contributed by atoms with E-state index < -0.39 is 72.8 Å². The van der Waals surface area contributed by atoms with Crippen molar-refractivity contribution in [3.05, 3.63) is 95.0 Å². The molecule has 0 fully saturated rings. The van der Waals surface area contributed by atoms with Crippen LogP contribution in [-0.4, -0.2) is 69.8 Å². The van der Waals surface area contributed by atoms with Crippen LogP contribution < -0.4 is 44.9 Å². The van der Waals surface area contributed by atoms with Crippen molar-refractivity contribution >= 4 is 40.6 Å². The first-order chi connectivity index (χ1) is 23.8. The van der Waals surface area contributed by atoms with Gasteiger partial charge in [0.25, 0.3) is 0 Å². The normalized spacial score (nSPS) is 17.9. The van der Waals surface area contributed by atoms with E-state index in [4.69, 9.17) is 18.9 Å². The van der Waals surface area contributed by atoms with Crippen molar-refractivity contribution < 1.29 is 67.3 Å². The Morgan fingerprint density at radius 2 is 1.60 bits per heavy atom. The van der Waals surface area contributed by atoms with Crippen LogP contribution in [0.4, 0.5) is 20.2 Å². The highest BCUT2D eigenvalue weighted by atomic mass is 19.1.